The number of ether oxygens (including phenoxy) is 2. The molecule has 3 unspecified atom stereocenters. The third kappa shape index (κ3) is 26.4. The molecular formula is C87H72N12O39. The van der Waals surface area contributed by atoms with E-state index in [4.69, 9.17) is 35.0 Å². The average molecular weight is 1910 g/mol. The van der Waals surface area contributed by atoms with Crippen molar-refractivity contribution in [2.75, 3.05) is 85.2 Å². The maximum Gasteiger partial charge on any atom is 0.335 e. The van der Waals surface area contributed by atoms with Crippen LogP contribution in [0.2, 0.25) is 0 Å². The van der Waals surface area contributed by atoms with Crippen LogP contribution in [0.4, 0.5) is 22.7 Å². The number of hydrogen-bond donors (Lipinski definition) is 6. The quantitative estimate of drug-likeness (QED) is 0.0279. The molecule has 0 spiro atoms. The first kappa shape index (κ1) is 103. The van der Waals surface area contributed by atoms with Crippen molar-refractivity contribution in [2.24, 2.45) is 5.92 Å². The number of benzene rings is 2. The molecule has 2 aromatic carbocycles. The van der Waals surface area contributed by atoms with Gasteiger partial charge in [-0.25, -0.2) is 38.8 Å². The fourth-order valence-electron chi connectivity index (χ4n) is 13.6. The van der Waals surface area contributed by atoms with Crippen LogP contribution in [0.3, 0.4) is 0 Å². The monoisotopic (exact) mass is 1910 g/mol. The molecule has 2 aromatic rings. The number of imide groups is 11. The zero-order valence-corrected chi connectivity index (χ0v) is 71.0. The number of carboxylic acids is 6. The number of carboxylic acid groups (broad SMARTS) is 6. The van der Waals surface area contributed by atoms with E-state index in [1.165, 1.54) is 23.1 Å². The minimum Gasteiger partial charge on any atom is -0.481 e. The van der Waals surface area contributed by atoms with Gasteiger partial charge in [0.05, 0.1) is 84.1 Å². The van der Waals surface area contributed by atoms with Gasteiger partial charge in [-0.05, 0) is 67.8 Å². The summed E-state index contributed by atoms with van der Waals surface area (Å²) in [6.45, 7) is -2.03. The Kier molecular flexibility index (Phi) is 34.4. The van der Waals surface area contributed by atoms with E-state index in [0.717, 1.165) is 213 Å². The molecule has 0 saturated heterocycles. The Labute approximate surface area is 772 Å². The summed E-state index contributed by atoms with van der Waals surface area (Å²) in [4.78, 5) is 367. The number of ketones is 2. The zero-order valence-electron chi connectivity index (χ0n) is 71.0. The van der Waals surface area contributed by atoms with Gasteiger partial charge in [0.15, 0.2) is 11.6 Å². The Morgan fingerprint density at radius 2 is 0.601 bits per heavy atom. The van der Waals surface area contributed by atoms with Crippen molar-refractivity contribution >= 4 is 206 Å². The number of nitrogens with zero attached hydrogens (tertiary/aromatic N) is 12. The Balaban J connectivity index is 0.000000186. The topological polar surface area (TPSA) is 708 Å². The molecule has 0 radical (unpaired) electrons. The lowest BCUT2D eigenvalue weighted by molar-refractivity contribution is -0.148. The van der Waals surface area contributed by atoms with Crippen LogP contribution in [-0.4, -0.2) is 337 Å². The van der Waals surface area contributed by atoms with Crippen LogP contribution in [0, 0.1) is 5.92 Å². The van der Waals surface area contributed by atoms with Crippen molar-refractivity contribution in [1.82, 2.24) is 39.2 Å². The van der Waals surface area contributed by atoms with E-state index in [0.29, 0.717) is 4.90 Å². The smallest absolute Gasteiger partial charge is 0.335 e. The summed E-state index contributed by atoms with van der Waals surface area (Å²) in [6.07, 6.45) is 23.4. The number of rotatable bonds is 36. The second kappa shape index (κ2) is 46.0. The van der Waals surface area contributed by atoms with Crippen LogP contribution in [0.1, 0.15) is 59.2 Å². The molecule has 23 amide bonds. The predicted octanol–water partition coefficient (Wildman–Crippen LogP) is -4.12. The van der Waals surface area contributed by atoms with Gasteiger partial charge in [-0.1, -0.05) is 0 Å². The first-order chi connectivity index (χ1) is 65.2. The highest BCUT2D eigenvalue weighted by atomic mass is 16.5. The second-order valence-electron chi connectivity index (χ2n) is 29.4. The standard InChI is InChI=1S/C16H17N3O7.2C15H8N2O6.C14H14N2O7.C14H13NO7.C13H12N2O6/c20-11(5-6-16(25)26)17(7-9-18-12(21)1-2-13(18)22)8-10-19-14(23)3-4-15(19)24;18-11-1-2-12(19)16(11)9-5-8(15(22)23)6-10(7-9)17-13(20)3-4-14(17)21;18-11-3-4-12(19)16(11)9-2-1-8(15(22)23)7-10(9)17-13(20)5-6-14(17)21;17-10-1-2-11(18)15(10)6-5-9(23-8-14(21)22)7-16-12(19)3-4-13(16)20;16-10-1-2-11(17)9(10)5-8(22-7-14(20)21)6-15-12(18)3-4-13(15)19;16-9-2-3-10(17)14(9)7-8(1-6-13(20)21)15-11(18)4-5-12(15)19/h1-4H,5-10H2,(H,25,26);2*1-7H,(H,22,23);1-4,9H,5-8H2,(H,21,22);1-4,8-9H,5-7H2,(H,20,21);2-5,8H,1,6-7H2,(H,20,21). The molecule has 14 rings (SSSR count). The van der Waals surface area contributed by atoms with Gasteiger partial charge >= 0.3 is 35.8 Å². The Morgan fingerprint density at radius 3 is 0.957 bits per heavy atom. The van der Waals surface area contributed by atoms with Gasteiger partial charge < -0.3 is 45.0 Å². The van der Waals surface area contributed by atoms with Crippen molar-refractivity contribution in [3.05, 3.63) is 193 Å². The van der Waals surface area contributed by atoms with Gasteiger partial charge in [-0.15, -0.1) is 0 Å². The molecule has 0 fully saturated rings. The van der Waals surface area contributed by atoms with E-state index in [9.17, 15) is 154 Å². The SMILES string of the molecule is O=C(O)CCC(=O)N(CCN1C(=O)C=CC1=O)CCN1C(=O)C=CC1=O.O=C(O)CCC(CN1C(=O)C=CC1=O)N1C(=O)C=CC1=O.O=C(O)COC(CC1C(=O)C=CC1=O)CN1C(=O)C=CC1=O.O=C(O)COC(CCN1C(=O)C=CC1=O)CN1C(=O)C=CC1=O.O=C(O)c1cc(N2C(=O)C=CC2=O)cc(N2C(=O)C=CC2=O)c1.O=C(O)c1ccc(N2C(=O)C=CC2=O)c(N2C(=O)C=CC2=O)c1. The van der Waals surface area contributed by atoms with Gasteiger partial charge in [0, 0.05) is 179 Å². The Bertz CT molecular complexity index is 5740. The van der Waals surface area contributed by atoms with E-state index in [-0.39, 0.29) is 125 Å². The fourth-order valence-corrected chi connectivity index (χ4v) is 13.6. The lowest BCUT2D eigenvalue weighted by Crippen LogP contribution is -2.48. The highest BCUT2D eigenvalue weighted by Gasteiger charge is 2.41. The third-order valence-corrected chi connectivity index (χ3v) is 20.3. The Morgan fingerprint density at radius 1 is 0.290 bits per heavy atom. The fraction of sp³-hybridized carbons (Fsp3) is 0.230. The summed E-state index contributed by atoms with van der Waals surface area (Å²) >= 11 is 0. The molecule has 11 heterocycles. The molecule has 0 saturated carbocycles. The van der Waals surface area contributed by atoms with Gasteiger partial charge in [-0.2, -0.15) is 0 Å². The summed E-state index contributed by atoms with van der Waals surface area (Å²) in [6, 6.07) is 6.07. The summed E-state index contributed by atoms with van der Waals surface area (Å²) in [5.74, 6) is -22.1. The molecule has 51 nitrogen and oxygen atoms in total. The lowest BCUT2D eigenvalue weighted by Gasteiger charge is -2.28. The highest BCUT2D eigenvalue weighted by Crippen LogP contribution is 2.36. The third-order valence-electron chi connectivity index (χ3n) is 20.3. The zero-order chi connectivity index (χ0) is 102. The lowest BCUT2D eigenvalue weighted by atomic mass is 9.97. The number of allylic oxidation sites excluding steroid dienone is 2. The van der Waals surface area contributed by atoms with E-state index in [2.05, 4.69) is 0 Å². The largest absolute Gasteiger partial charge is 0.481 e. The number of amides is 23. The van der Waals surface area contributed by atoms with Crippen LogP contribution < -0.4 is 19.6 Å². The minimum atomic E-state index is -1.33. The molecule has 1 aliphatic carbocycles. The maximum absolute atomic E-state index is 12.2. The van der Waals surface area contributed by atoms with Gasteiger partial charge in [0.2, 0.25) is 5.91 Å². The van der Waals surface area contributed by atoms with Crippen LogP contribution in [0.5, 0.6) is 0 Å². The molecule has 6 N–H and O–H groups in total. The molecule has 0 bridgehead atoms. The summed E-state index contributed by atoms with van der Waals surface area (Å²) < 4.78 is 10.3. The molecule has 0 aromatic heterocycles. The first-order valence-electron chi connectivity index (χ1n) is 40.1. The number of aliphatic carboxylic acids is 4. The van der Waals surface area contributed by atoms with Gasteiger partial charge in [0.25, 0.3) is 130 Å². The number of carbonyl (C=O) groups excluding carboxylic acids is 25. The number of hydrogen-bond acceptors (Lipinski definition) is 33. The van der Waals surface area contributed by atoms with Crippen molar-refractivity contribution in [3.8, 4) is 0 Å². The number of anilines is 4. The summed E-state index contributed by atoms with van der Waals surface area (Å²) in [5.41, 5.74) is -0.712. The van der Waals surface area contributed by atoms with Crippen molar-refractivity contribution < 1.29 is 189 Å². The maximum atomic E-state index is 12.2. The van der Waals surface area contributed by atoms with E-state index in [1.54, 1.807) is 0 Å². The molecule has 3 atom stereocenters. The summed E-state index contributed by atoms with van der Waals surface area (Å²) in [5, 5.41) is 53.0. The van der Waals surface area contributed by atoms with Crippen molar-refractivity contribution in [3.63, 3.8) is 0 Å². The highest BCUT2D eigenvalue weighted by molar-refractivity contribution is 6.34. The average Bonchev–Trinajstić information content (AvgIpc) is 1.62. The molecule has 51 heteroatoms. The van der Waals surface area contributed by atoms with E-state index >= 15 is 0 Å². The Hall–Kier alpha value is -18.6. The molecular weight excluding hydrogens is 1840 g/mol. The van der Waals surface area contributed by atoms with Crippen LogP contribution in [0.25, 0.3) is 0 Å². The minimum absolute atomic E-state index is 0.00139. The van der Waals surface area contributed by atoms with Gasteiger partial charge in [-0.3, -0.25) is 164 Å². The number of carbonyl (C=O) groups is 31. The second-order valence-corrected chi connectivity index (χ2v) is 29.4. The van der Waals surface area contributed by atoms with Crippen LogP contribution in [0.15, 0.2) is 182 Å². The van der Waals surface area contributed by atoms with E-state index < -0.39 is 221 Å². The van der Waals surface area contributed by atoms with Crippen molar-refractivity contribution in [2.45, 2.75) is 56.8 Å². The molecule has 12 aliphatic rings. The molecule has 138 heavy (non-hydrogen) atoms. The normalized spacial score (nSPS) is 17.8. The number of aromatic carboxylic acids is 2. The summed E-state index contributed by atoms with van der Waals surface area (Å²) in [7, 11) is 0. The molecule has 11 aliphatic heterocycles. The van der Waals surface area contributed by atoms with Gasteiger partial charge in [0.1, 0.15) is 13.2 Å². The van der Waals surface area contributed by atoms with E-state index in [1.807, 2.05) is 0 Å². The predicted molar refractivity (Wildman–Crippen MR) is 450 cm³/mol. The first-order valence-corrected chi connectivity index (χ1v) is 40.1. The van der Waals surface area contributed by atoms with Crippen molar-refractivity contribution in [1.29, 1.82) is 0 Å². The molecule has 714 valence electrons. The van der Waals surface area contributed by atoms with Crippen LogP contribution >= 0.6 is 0 Å². The van der Waals surface area contributed by atoms with Crippen LogP contribution in [-0.2, 0) is 149 Å².